The molecule has 2 fully saturated rings. The van der Waals surface area contributed by atoms with Crippen LogP contribution in [-0.4, -0.2) is 264 Å². The van der Waals surface area contributed by atoms with Crippen molar-refractivity contribution >= 4 is 133 Å². The van der Waals surface area contributed by atoms with Crippen LogP contribution in [0.25, 0.3) is 0 Å². The summed E-state index contributed by atoms with van der Waals surface area (Å²) in [5.74, 6) is -15.3. The number of imidazole rings is 2. The lowest BCUT2D eigenvalue weighted by atomic mass is 9.96. The lowest BCUT2D eigenvalue weighted by molar-refractivity contribution is -0.143. The van der Waals surface area contributed by atoms with E-state index in [1.54, 1.807) is 62.9 Å². The minimum Gasteiger partial charge on any atom is -0.507 e. The van der Waals surface area contributed by atoms with E-state index >= 15 is 24.0 Å². The van der Waals surface area contributed by atoms with Gasteiger partial charge in [0.05, 0.1) is 35.3 Å². The molecule has 4 heterocycles. The first-order valence-corrected chi connectivity index (χ1v) is 41.0. The number of nitrogens with zero attached hydrogens (tertiary/aromatic N) is 4. The van der Waals surface area contributed by atoms with Crippen molar-refractivity contribution in [3.05, 3.63) is 99.7 Å². The molecule has 0 spiro atoms. The summed E-state index contributed by atoms with van der Waals surface area (Å²) in [6.45, 7) is 13.0. The molecule has 0 bridgehead atoms. The third-order valence-corrected chi connectivity index (χ3v) is 21.9. The molecular weight excluding hydrogens is 1630 g/mol. The molecule has 13 atom stereocenters. The van der Waals surface area contributed by atoms with Crippen LogP contribution in [0, 0.1) is 21.3 Å². The van der Waals surface area contributed by atoms with Crippen LogP contribution in [-0.2, 0) is 97.6 Å². The highest BCUT2D eigenvalue weighted by Gasteiger charge is 2.45. The van der Waals surface area contributed by atoms with Crippen LogP contribution in [0.1, 0.15) is 110 Å². The number of hydrogen-bond acceptors (Lipinski definition) is 22. The Balaban J connectivity index is 1.45. The Bertz CT molecular complexity index is 3940. The molecular formula is C74H106IN19O18S2. The van der Waals surface area contributed by atoms with E-state index in [9.17, 15) is 63.3 Å². The van der Waals surface area contributed by atoms with E-state index in [2.05, 4.69) is 89.1 Å². The van der Waals surface area contributed by atoms with Crippen LogP contribution in [0.5, 0.6) is 5.75 Å². The predicted octanol–water partition coefficient (Wildman–Crippen LogP) is -2.15. The van der Waals surface area contributed by atoms with Crippen molar-refractivity contribution < 1.29 is 87.2 Å². The van der Waals surface area contributed by atoms with E-state index in [4.69, 9.17) is 0 Å². The highest BCUT2D eigenvalue weighted by atomic mass is 127. The summed E-state index contributed by atoms with van der Waals surface area (Å²) in [6, 6.07) is -4.33. The maximum atomic E-state index is 15.7. The number of aliphatic carboxylic acids is 1. The van der Waals surface area contributed by atoms with E-state index < -0.39 is 192 Å². The number of halogens is 1. The van der Waals surface area contributed by atoms with Crippen molar-refractivity contribution in [1.29, 1.82) is 0 Å². The zero-order valence-electron chi connectivity index (χ0n) is 65.1. The first-order valence-electron chi connectivity index (χ1n) is 37.5. The maximum absolute atomic E-state index is 15.7. The number of benzene rings is 2. The van der Waals surface area contributed by atoms with Gasteiger partial charge in [-0.2, -0.15) is 0 Å². The second-order valence-electron chi connectivity index (χ2n) is 28.9. The third-order valence-electron chi connectivity index (χ3n) is 18.6. The number of carboxylic acids is 1. The minimum absolute atomic E-state index is 0.0450. The van der Waals surface area contributed by atoms with Gasteiger partial charge in [0, 0.05) is 121 Å². The van der Waals surface area contributed by atoms with Gasteiger partial charge in [0.25, 0.3) is 0 Å². The summed E-state index contributed by atoms with van der Waals surface area (Å²) in [7, 11) is 3.13. The summed E-state index contributed by atoms with van der Waals surface area (Å²) in [5, 5.41) is 66.9. The van der Waals surface area contributed by atoms with Gasteiger partial charge in [-0.1, -0.05) is 106 Å². The Labute approximate surface area is 681 Å². The van der Waals surface area contributed by atoms with Gasteiger partial charge in [0.1, 0.15) is 72.2 Å². The third kappa shape index (κ3) is 30.8. The molecule has 624 valence electrons. The summed E-state index contributed by atoms with van der Waals surface area (Å²) in [4.78, 5) is 230. The van der Waals surface area contributed by atoms with E-state index in [-0.39, 0.29) is 94.7 Å². The molecule has 2 aromatic heterocycles. The number of hydrogen-bond donors (Lipinski definition) is 18. The van der Waals surface area contributed by atoms with Crippen LogP contribution in [0.4, 0.5) is 0 Å². The summed E-state index contributed by atoms with van der Waals surface area (Å²) in [6.07, 6.45) is 1.77. The number of nitrogens with one attached hydrogen (secondary N) is 15. The zero-order chi connectivity index (χ0) is 83.9. The molecule has 0 saturated carbocycles. The number of aromatic nitrogens is 4. The van der Waals surface area contributed by atoms with Crippen LogP contribution >= 0.6 is 44.2 Å². The number of aliphatic hydroxyl groups is 1. The Morgan fingerprint density at radius 2 is 1.22 bits per heavy atom. The van der Waals surface area contributed by atoms with Crippen LogP contribution in [0.3, 0.4) is 0 Å². The summed E-state index contributed by atoms with van der Waals surface area (Å²) in [5.41, 5.74) is 1.54. The number of aromatic hydroxyl groups is 1. The number of H-pyrrole nitrogens is 2. The Kier molecular flexibility index (Phi) is 37.8. The van der Waals surface area contributed by atoms with Crippen molar-refractivity contribution in [1.82, 2.24) is 98.9 Å². The van der Waals surface area contributed by atoms with Crippen molar-refractivity contribution in [2.75, 3.05) is 57.8 Å². The standard InChI is InChI=1S/C74H106IN19O18S2/c1-10-41(6)63(73(111)89-50(22-39(2)3)64(102)76-9)92-70(108)55(28-47-32-78-38-82-47)86-71(109)57-35-113-114-36-58(91-68(106)54(27-46-31-77-37-81-46)85-66(104)52(25-44-14-12-11-13-15-44)83-61(99)34-93(20-18-79-42(7)95)21-19-80-43(8)96)74(112)94-33-48(97)29-59(94)72(110)88-53(26-45-16-17-60(98)49(75)24-45)67(105)87-56(30-62(100)101)69(107)84-51(23-40(4)5)65(103)90-57/h11-17,24,31-32,37-41,48,50-59,63,97-98H,10,18-23,25-30,33-36H2,1-9H3,(H,76,102)(H,77,81)(H,78,82)(H,79,95)(H,80,96)(H,83,99)(H,84,107)(H,85,104)(H,86,109)(H,87,105)(H,88,110)(H,89,111)(H,90,103)(H,91,106)(H,92,108)(H,100,101)/t41?,48?,50-,51-,52-,53-,54-,55-,56-,57-,58-,59?,63-/m0/s1. The topological polar surface area (TPSA) is 537 Å². The number of phenolic OH excluding ortho intramolecular Hbond substituents is 1. The minimum atomic E-state index is -1.97. The second-order valence-corrected chi connectivity index (χ2v) is 32.6. The Morgan fingerprint density at radius 1 is 0.649 bits per heavy atom. The van der Waals surface area contributed by atoms with Crippen molar-refractivity contribution in [3.63, 3.8) is 0 Å². The SMILES string of the molecule is CCC(C)[C@H](NC(=O)[C@H](Cc1cnc[nH]1)NC(=O)[C@@H]1CSSC[C@H](NC(=O)[C@H](Cc2cnc[nH]2)NC(=O)[C@H](Cc2ccccc2)NC(=O)CN(CCNC(C)=O)CCNC(C)=O)C(=O)N2CC(O)CC2C(=O)N[C@@H](Cc2ccc(O)c(I)c2)C(=O)N[C@@H](CC(=O)O)C(=O)N[C@@H](CC(C)C)C(=O)N1)C(=O)N[C@@H](CC(C)C)C(=O)NC. The number of carbonyl (C=O) groups is 15. The average molecular weight is 1740 g/mol. The number of carbonyl (C=O) groups excluding carboxylic acids is 14. The Hall–Kier alpha value is -9.94. The van der Waals surface area contributed by atoms with Crippen LogP contribution in [0.2, 0.25) is 0 Å². The molecule has 2 aromatic carbocycles. The molecule has 37 nitrogen and oxygen atoms in total. The number of aliphatic hydroxyl groups excluding tert-OH is 1. The van der Waals surface area contributed by atoms with Gasteiger partial charge in [0.15, 0.2) is 0 Å². The van der Waals surface area contributed by atoms with E-state index in [0.29, 0.717) is 32.5 Å². The van der Waals surface area contributed by atoms with Gasteiger partial charge in [-0.15, -0.1) is 0 Å². The van der Waals surface area contributed by atoms with E-state index in [1.165, 1.54) is 64.1 Å². The predicted molar refractivity (Wildman–Crippen MR) is 428 cm³/mol. The van der Waals surface area contributed by atoms with Crippen molar-refractivity contribution in [2.45, 2.75) is 186 Å². The van der Waals surface area contributed by atoms with Gasteiger partial charge >= 0.3 is 5.97 Å². The first-order chi connectivity index (χ1) is 54.1. The van der Waals surface area contributed by atoms with Gasteiger partial charge < -0.3 is 99.3 Å². The molecule has 2 saturated heterocycles. The average Bonchev–Trinajstić information content (AvgIpc) is 1.74. The molecule has 6 rings (SSSR count). The Morgan fingerprint density at radius 3 is 1.79 bits per heavy atom. The van der Waals surface area contributed by atoms with Crippen LogP contribution in [0.15, 0.2) is 73.6 Å². The fraction of sp³-hybridized carbons (Fsp3) is 0.554. The number of fused-ring (bicyclic) bond motifs is 1. The number of rotatable bonds is 36. The fourth-order valence-corrected chi connectivity index (χ4v) is 15.4. The molecule has 0 aliphatic carbocycles. The summed E-state index contributed by atoms with van der Waals surface area (Å²) < 4.78 is 0.320. The molecule has 0 radical (unpaired) electrons. The molecule has 3 unspecified atom stereocenters. The number of aromatic amines is 2. The lowest BCUT2D eigenvalue weighted by Crippen LogP contribution is -2.62. The smallest absolute Gasteiger partial charge is 0.305 e. The highest BCUT2D eigenvalue weighted by Crippen LogP contribution is 2.28. The van der Waals surface area contributed by atoms with Crippen LogP contribution < -0.4 is 69.1 Å². The molecule has 40 heteroatoms. The summed E-state index contributed by atoms with van der Waals surface area (Å²) >= 11 is 1.83. The largest absolute Gasteiger partial charge is 0.507 e. The maximum Gasteiger partial charge on any atom is 0.305 e. The molecule has 14 amide bonds. The first kappa shape index (κ1) is 92.9. The lowest BCUT2D eigenvalue weighted by Gasteiger charge is -2.31. The zero-order valence-corrected chi connectivity index (χ0v) is 68.8. The number of carboxylic acid groups (broad SMARTS) is 1. The van der Waals surface area contributed by atoms with Gasteiger partial charge in [-0.05, 0) is 76.4 Å². The molecule has 2 aliphatic rings. The normalized spacial score (nSPS) is 20.1. The van der Waals surface area contributed by atoms with Gasteiger partial charge in [-0.25, -0.2) is 9.97 Å². The molecule has 114 heavy (non-hydrogen) atoms. The number of likely N-dealkylation sites (N-methyl/N-ethyl adjacent to an activating group) is 1. The monoisotopic (exact) mass is 1740 g/mol. The van der Waals surface area contributed by atoms with E-state index in [1.807, 2.05) is 36.4 Å². The molecule has 18 N–H and O–H groups in total. The van der Waals surface area contributed by atoms with Gasteiger partial charge in [0.2, 0.25) is 82.7 Å². The van der Waals surface area contributed by atoms with Crippen molar-refractivity contribution in [2.24, 2.45) is 17.8 Å². The second kappa shape index (κ2) is 46.4. The van der Waals surface area contributed by atoms with Crippen molar-refractivity contribution in [3.8, 4) is 5.75 Å². The van der Waals surface area contributed by atoms with E-state index in [0.717, 1.165) is 26.5 Å². The molecule has 2 aliphatic heterocycles. The van der Waals surface area contributed by atoms with Gasteiger partial charge in [-0.3, -0.25) is 76.8 Å². The quantitative estimate of drug-likeness (QED) is 0.0171. The molecule has 4 aromatic rings. The fourth-order valence-electron chi connectivity index (χ4n) is 12.5. The number of phenols is 1. The highest BCUT2D eigenvalue weighted by molar-refractivity contribution is 14.1. The number of amides is 14.